The molecule has 5 rings (SSSR count). The maximum Gasteiger partial charge on any atom is 0.216 e. The van der Waals surface area contributed by atoms with Crippen LogP contribution in [0.4, 0.5) is 5.82 Å². The van der Waals surface area contributed by atoms with E-state index in [4.69, 9.17) is 20.9 Å². The lowest BCUT2D eigenvalue weighted by Gasteiger charge is -2.33. The monoisotopic (exact) mass is 696 g/mol. The third-order valence-corrected chi connectivity index (χ3v) is 9.77. The summed E-state index contributed by atoms with van der Waals surface area (Å²) in [6.45, 7) is 15.0. The predicted octanol–water partition coefficient (Wildman–Crippen LogP) is 3.18. The topological polar surface area (TPSA) is 157 Å². The Morgan fingerprint density at radius 2 is 1.86 bits per heavy atom. The third kappa shape index (κ3) is 10.5. The van der Waals surface area contributed by atoms with Crippen molar-refractivity contribution < 1.29 is 9.90 Å². The first-order valence-electron chi connectivity index (χ1n) is 18.2. The number of amides is 1. The molecule has 4 unspecified atom stereocenters. The first kappa shape index (κ1) is 38.2. The van der Waals surface area contributed by atoms with E-state index in [0.29, 0.717) is 45.8 Å². The van der Waals surface area contributed by atoms with Crippen molar-refractivity contribution in [3.63, 3.8) is 0 Å². The van der Waals surface area contributed by atoms with Gasteiger partial charge in [-0.05, 0) is 68.0 Å². The number of aromatic nitrogens is 2. The number of nitrogens with zero attached hydrogens (tertiary/aromatic N) is 5. The maximum absolute atomic E-state index is 11.1. The SMILES string of the molecule is CC(=O)NCCNCC1=NC(N(N)CC2=C(C)C(c3cccc(Cn4ncc5c4N=C(CNCCNC(C)O)C=CC5)c3C)CC=C2)C(C)C=C1. The predicted molar refractivity (Wildman–Crippen MR) is 206 cm³/mol. The number of carbonyl (C=O) groups is 1. The Labute approximate surface area is 302 Å². The van der Waals surface area contributed by atoms with Crippen LogP contribution in [0.25, 0.3) is 0 Å². The van der Waals surface area contributed by atoms with Gasteiger partial charge in [0.15, 0.2) is 5.82 Å². The highest BCUT2D eigenvalue weighted by atomic mass is 16.3. The molecular weight excluding hydrogens is 640 g/mol. The quantitative estimate of drug-likeness (QED) is 0.0638. The minimum Gasteiger partial charge on any atom is -0.379 e. The molecule has 3 aliphatic rings. The zero-order chi connectivity index (χ0) is 36.3. The number of hydrogen-bond donors (Lipinski definition) is 6. The van der Waals surface area contributed by atoms with E-state index in [1.807, 2.05) is 15.9 Å². The maximum atomic E-state index is 11.1. The molecule has 1 aliphatic carbocycles. The molecule has 274 valence electrons. The second kappa shape index (κ2) is 18.5. The number of dihydropyridines is 1. The van der Waals surface area contributed by atoms with Gasteiger partial charge >= 0.3 is 0 Å². The molecule has 2 aromatic rings. The fraction of sp³-hybridized carbons (Fsp3) is 0.487. The summed E-state index contributed by atoms with van der Waals surface area (Å²) in [5, 5.41) is 28.7. The average Bonchev–Trinajstić information content (AvgIpc) is 3.34. The van der Waals surface area contributed by atoms with Crippen LogP contribution >= 0.6 is 0 Å². The fourth-order valence-electron chi connectivity index (χ4n) is 6.82. The van der Waals surface area contributed by atoms with Gasteiger partial charge in [0.1, 0.15) is 12.4 Å². The Morgan fingerprint density at radius 3 is 2.65 bits per heavy atom. The van der Waals surface area contributed by atoms with Crippen molar-refractivity contribution >= 4 is 23.1 Å². The van der Waals surface area contributed by atoms with Gasteiger partial charge in [0.25, 0.3) is 0 Å². The number of nitrogens with one attached hydrogen (secondary N) is 4. The number of aliphatic hydroxyl groups excluding tert-OH is 1. The normalized spacial score (nSPS) is 20.7. The molecule has 0 saturated heterocycles. The number of benzene rings is 1. The van der Waals surface area contributed by atoms with Gasteiger partial charge in [0, 0.05) is 70.1 Å². The van der Waals surface area contributed by atoms with Crippen LogP contribution in [0, 0.1) is 12.8 Å². The zero-order valence-electron chi connectivity index (χ0n) is 30.8. The molecule has 12 heteroatoms. The summed E-state index contributed by atoms with van der Waals surface area (Å²) in [6.07, 6.45) is 16.0. The molecule has 1 aromatic carbocycles. The number of hydrazine groups is 1. The average molecular weight is 697 g/mol. The van der Waals surface area contributed by atoms with Crippen molar-refractivity contribution in [3.05, 3.63) is 94.3 Å². The number of carbonyl (C=O) groups excluding carboxylic acids is 1. The van der Waals surface area contributed by atoms with Crippen LogP contribution in [0.15, 0.2) is 82.0 Å². The molecule has 51 heavy (non-hydrogen) atoms. The van der Waals surface area contributed by atoms with Gasteiger partial charge in [-0.1, -0.05) is 55.0 Å². The Hall–Kier alpha value is -4.04. The summed E-state index contributed by atoms with van der Waals surface area (Å²) < 4.78 is 2.03. The van der Waals surface area contributed by atoms with Gasteiger partial charge in [0.2, 0.25) is 5.91 Å². The molecule has 0 fully saturated rings. The van der Waals surface area contributed by atoms with E-state index < -0.39 is 6.23 Å². The van der Waals surface area contributed by atoms with Gasteiger partial charge < -0.3 is 21.1 Å². The van der Waals surface area contributed by atoms with Crippen LogP contribution in [-0.4, -0.2) is 95.4 Å². The van der Waals surface area contributed by atoms with Crippen molar-refractivity contribution in [2.24, 2.45) is 21.7 Å². The summed E-state index contributed by atoms with van der Waals surface area (Å²) in [7, 11) is 0. The van der Waals surface area contributed by atoms with E-state index in [9.17, 15) is 9.90 Å². The summed E-state index contributed by atoms with van der Waals surface area (Å²) in [6, 6.07) is 6.62. The van der Waals surface area contributed by atoms with Gasteiger partial charge in [-0.3, -0.25) is 20.9 Å². The Kier molecular flexibility index (Phi) is 13.8. The van der Waals surface area contributed by atoms with Gasteiger partial charge in [-0.15, -0.1) is 0 Å². The van der Waals surface area contributed by atoms with Crippen LogP contribution < -0.4 is 27.1 Å². The zero-order valence-corrected chi connectivity index (χ0v) is 30.8. The van der Waals surface area contributed by atoms with Gasteiger partial charge in [-0.2, -0.15) is 5.10 Å². The number of aliphatic imine (C=N–C) groups is 2. The Bertz CT molecular complexity index is 1700. The summed E-state index contributed by atoms with van der Waals surface area (Å²) in [4.78, 5) is 21.2. The molecule has 1 amide bonds. The van der Waals surface area contributed by atoms with Gasteiger partial charge in [-0.25, -0.2) is 14.7 Å². The molecule has 2 aliphatic heterocycles. The van der Waals surface area contributed by atoms with E-state index in [0.717, 1.165) is 42.2 Å². The van der Waals surface area contributed by atoms with E-state index >= 15 is 0 Å². The summed E-state index contributed by atoms with van der Waals surface area (Å²) in [5.74, 6) is 8.08. The number of aliphatic hydroxyl groups is 1. The van der Waals surface area contributed by atoms with E-state index in [1.54, 1.807) is 6.92 Å². The van der Waals surface area contributed by atoms with E-state index in [-0.39, 0.29) is 23.9 Å². The lowest BCUT2D eigenvalue weighted by atomic mass is 9.80. The molecule has 4 atom stereocenters. The minimum atomic E-state index is -0.519. The van der Waals surface area contributed by atoms with Crippen molar-refractivity contribution in [2.75, 3.05) is 45.8 Å². The Balaban J connectivity index is 1.26. The molecular formula is C39H56N10O2. The smallest absolute Gasteiger partial charge is 0.216 e. The molecule has 0 spiro atoms. The summed E-state index contributed by atoms with van der Waals surface area (Å²) in [5.41, 5.74) is 9.44. The Morgan fingerprint density at radius 1 is 1.08 bits per heavy atom. The highest BCUT2D eigenvalue weighted by molar-refractivity contribution is 5.99. The largest absolute Gasteiger partial charge is 0.379 e. The molecule has 3 heterocycles. The first-order chi connectivity index (χ1) is 24.6. The third-order valence-electron chi connectivity index (χ3n) is 9.77. The second-order valence-electron chi connectivity index (χ2n) is 13.8. The fourth-order valence-corrected chi connectivity index (χ4v) is 6.82. The number of hydrogen-bond acceptors (Lipinski definition) is 10. The number of fused-ring (bicyclic) bond motifs is 1. The van der Waals surface area contributed by atoms with Crippen molar-refractivity contribution in [2.45, 2.75) is 72.3 Å². The molecule has 1 aromatic heterocycles. The van der Waals surface area contributed by atoms with Crippen molar-refractivity contribution in [1.82, 2.24) is 36.1 Å². The molecule has 12 nitrogen and oxygen atoms in total. The lowest BCUT2D eigenvalue weighted by Crippen LogP contribution is -2.46. The lowest BCUT2D eigenvalue weighted by molar-refractivity contribution is -0.118. The van der Waals surface area contributed by atoms with Gasteiger partial charge in [0.05, 0.1) is 24.2 Å². The van der Waals surface area contributed by atoms with Crippen LogP contribution in [0.1, 0.15) is 62.3 Å². The highest BCUT2D eigenvalue weighted by Crippen LogP contribution is 2.37. The van der Waals surface area contributed by atoms with Crippen LogP contribution in [0.2, 0.25) is 0 Å². The molecule has 0 bridgehead atoms. The summed E-state index contributed by atoms with van der Waals surface area (Å²) >= 11 is 0. The number of rotatable bonds is 17. The van der Waals surface area contributed by atoms with E-state index in [1.165, 1.54) is 34.8 Å². The molecule has 7 N–H and O–H groups in total. The van der Waals surface area contributed by atoms with Crippen molar-refractivity contribution in [3.8, 4) is 0 Å². The van der Waals surface area contributed by atoms with Crippen LogP contribution in [0.5, 0.6) is 0 Å². The highest BCUT2D eigenvalue weighted by Gasteiger charge is 2.27. The van der Waals surface area contributed by atoms with Crippen LogP contribution in [0.3, 0.4) is 0 Å². The van der Waals surface area contributed by atoms with Crippen molar-refractivity contribution in [1.29, 1.82) is 0 Å². The minimum absolute atomic E-state index is 0.0277. The molecule has 0 radical (unpaired) electrons. The second-order valence-corrected chi connectivity index (χ2v) is 13.8. The first-order valence-corrected chi connectivity index (χ1v) is 18.2. The standard InChI is InChI=1S/C39H56N10O2/c1-26-15-16-35(23-42-18-20-44-30(5)51)46-38(26)48(40)24-32-10-7-13-36(27(32)2)37-14-8-11-33(28(37)3)25-49-39-31(21-45-49)9-6-12-34(47-39)22-41-17-19-43-29(4)50/h6-8,10-12,14-16,21,26,29,36,38,41-43,50H,9,13,17-20,22-25,40H2,1-5H3,(H,44,51). The molecule has 0 saturated carbocycles. The number of allylic oxidation sites excluding steroid dienone is 3. The van der Waals surface area contributed by atoms with E-state index in [2.05, 4.69) is 96.7 Å². The number of nitrogens with two attached hydrogens (primary N) is 1. The van der Waals surface area contributed by atoms with Crippen LogP contribution in [-0.2, 0) is 17.8 Å².